The van der Waals surface area contributed by atoms with Crippen molar-refractivity contribution in [2.45, 2.75) is 19.3 Å². The lowest BCUT2D eigenvalue weighted by molar-refractivity contribution is -0.121. The molecule has 0 radical (unpaired) electrons. The summed E-state index contributed by atoms with van der Waals surface area (Å²) in [6.45, 7) is 1.80. The smallest absolute Gasteiger partial charge is 0.234 e. The topological polar surface area (TPSA) is 82.0 Å². The van der Waals surface area contributed by atoms with Crippen molar-refractivity contribution in [1.82, 2.24) is 5.32 Å². The summed E-state index contributed by atoms with van der Waals surface area (Å²) in [6.07, 6.45) is 0.0898. The molecule has 148 valence electrons. The van der Waals surface area contributed by atoms with Crippen molar-refractivity contribution >= 4 is 40.9 Å². The Bertz CT molecular complexity index is 1030. The molecule has 2 aromatic carbocycles. The van der Waals surface area contributed by atoms with Gasteiger partial charge in [0.1, 0.15) is 5.82 Å². The third-order valence-electron chi connectivity index (χ3n) is 4.52. The van der Waals surface area contributed by atoms with Crippen molar-refractivity contribution in [2.75, 3.05) is 11.1 Å². The predicted octanol–water partition coefficient (Wildman–Crippen LogP) is 4.50. The second kappa shape index (κ2) is 9.12. The summed E-state index contributed by atoms with van der Waals surface area (Å²) < 4.78 is 13.2. The number of nitriles is 1. The molecule has 2 amide bonds. The Kier molecular flexibility index (Phi) is 6.57. The monoisotopic (exact) mass is 429 g/mol. The largest absolute Gasteiger partial charge is 0.325 e. The lowest BCUT2D eigenvalue weighted by Gasteiger charge is -2.25. The molecular formula is C21H17ClFN3O2S. The highest BCUT2D eigenvalue weighted by atomic mass is 35.5. The molecule has 0 fully saturated rings. The number of nitrogens with zero attached hydrogens (tertiary/aromatic N) is 1. The van der Waals surface area contributed by atoms with Crippen LogP contribution in [0.4, 0.5) is 10.1 Å². The Morgan fingerprint density at radius 3 is 2.76 bits per heavy atom. The molecular weight excluding hydrogens is 413 g/mol. The van der Waals surface area contributed by atoms with Crippen molar-refractivity contribution in [2.24, 2.45) is 0 Å². The molecule has 8 heteroatoms. The zero-order valence-electron chi connectivity index (χ0n) is 15.5. The number of allylic oxidation sites excluding steroid dienone is 1. The van der Waals surface area contributed by atoms with Gasteiger partial charge in [0.25, 0.3) is 0 Å². The van der Waals surface area contributed by atoms with Gasteiger partial charge in [-0.2, -0.15) is 5.26 Å². The molecule has 29 heavy (non-hydrogen) atoms. The first-order valence-electron chi connectivity index (χ1n) is 8.76. The predicted molar refractivity (Wildman–Crippen MR) is 112 cm³/mol. The van der Waals surface area contributed by atoms with Gasteiger partial charge in [-0.1, -0.05) is 41.6 Å². The van der Waals surface area contributed by atoms with E-state index >= 15 is 0 Å². The lowest BCUT2D eigenvalue weighted by atomic mass is 9.87. The standard InChI is InChI=1S/C21H17ClFN3O2S/c1-12-17(22)3-2-4-18(12)25-20(28)11-29-21-16(10-24)15(9-19(27)26-21)13-5-7-14(23)8-6-13/h2-8,15H,9,11H2,1H3,(H,25,28)(H,26,27). The van der Waals surface area contributed by atoms with E-state index in [4.69, 9.17) is 11.6 Å². The Hall–Kier alpha value is -2.82. The zero-order valence-corrected chi connectivity index (χ0v) is 17.0. The van der Waals surface area contributed by atoms with E-state index in [0.29, 0.717) is 26.9 Å². The summed E-state index contributed by atoms with van der Waals surface area (Å²) in [4.78, 5) is 24.5. The Morgan fingerprint density at radius 1 is 1.34 bits per heavy atom. The second-order valence-corrected chi connectivity index (χ2v) is 7.85. The first-order valence-corrected chi connectivity index (χ1v) is 10.1. The maximum absolute atomic E-state index is 13.2. The van der Waals surface area contributed by atoms with Crippen LogP contribution in [-0.4, -0.2) is 17.6 Å². The van der Waals surface area contributed by atoms with Crippen LogP contribution in [0.2, 0.25) is 5.02 Å². The lowest BCUT2D eigenvalue weighted by Crippen LogP contribution is -2.31. The summed E-state index contributed by atoms with van der Waals surface area (Å²) in [7, 11) is 0. The summed E-state index contributed by atoms with van der Waals surface area (Å²) in [5.41, 5.74) is 2.39. The molecule has 0 spiro atoms. The van der Waals surface area contributed by atoms with Crippen LogP contribution < -0.4 is 10.6 Å². The molecule has 1 atom stereocenters. The van der Waals surface area contributed by atoms with E-state index in [1.807, 2.05) is 0 Å². The third-order valence-corrected chi connectivity index (χ3v) is 5.94. The van der Waals surface area contributed by atoms with Gasteiger partial charge in [0, 0.05) is 23.0 Å². The highest BCUT2D eigenvalue weighted by molar-refractivity contribution is 8.03. The van der Waals surface area contributed by atoms with E-state index < -0.39 is 5.92 Å². The molecule has 3 rings (SSSR count). The first kappa shape index (κ1) is 20.9. The molecule has 0 aromatic heterocycles. The average molecular weight is 430 g/mol. The van der Waals surface area contributed by atoms with Crippen LogP contribution in [0.1, 0.15) is 23.5 Å². The molecule has 1 unspecified atom stereocenters. The van der Waals surface area contributed by atoms with Gasteiger partial charge in [-0.3, -0.25) is 9.59 Å². The second-order valence-electron chi connectivity index (χ2n) is 6.46. The average Bonchev–Trinajstić information content (AvgIpc) is 2.70. The molecule has 2 N–H and O–H groups in total. The molecule has 0 bridgehead atoms. The van der Waals surface area contributed by atoms with Gasteiger partial charge in [-0.25, -0.2) is 4.39 Å². The van der Waals surface area contributed by atoms with Crippen LogP contribution in [0.25, 0.3) is 0 Å². The molecule has 1 heterocycles. The number of rotatable bonds is 5. The van der Waals surface area contributed by atoms with Crippen molar-refractivity contribution in [3.05, 3.63) is 75.0 Å². The number of carbonyl (C=O) groups excluding carboxylic acids is 2. The molecule has 2 aromatic rings. The minimum Gasteiger partial charge on any atom is -0.325 e. The van der Waals surface area contributed by atoms with Crippen LogP contribution in [0, 0.1) is 24.1 Å². The molecule has 0 saturated heterocycles. The molecule has 1 aliphatic rings. The Morgan fingerprint density at radius 2 is 2.07 bits per heavy atom. The third kappa shape index (κ3) is 4.97. The van der Waals surface area contributed by atoms with Crippen molar-refractivity contribution in [3.63, 3.8) is 0 Å². The highest BCUT2D eigenvalue weighted by Gasteiger charge is 2.29. The fourth-order valence-electron chi connectivity index (χ4n) is 2.98. The quantitative estimate of drug-likeness (QED) is 0.733. The van der Waals surface area contributed by atoms with E-state index in [1.165, 1.54) is 12.1 Å². The number of thioether (sulfide) groups is 1. The van der Waals surface area contributed by atoms with Gasteiger partial charge < -0.3 is 10.6 Å². The van der Waals surface area contributed by atoms with Crippen LogP contribution in [0.3, 0.4) is 0 Å². The Labute approximate surface area is 176 Å². The molecule has 5 nitrogen and oxygen atoms in total. The number of nitrogens with one attached hydrogen (secondary N) is 2. The van der Waals surface area contributed by atoms with Crippen LogP contribution >= 0.6 is 23.4 Å². The summed E-state index contributed by atoms with van der Waals surface area (Å²) in [5.74, 6) is -1.41. The van der Waals surface area contributed by atoms with Crippen molar-refractivity contribution in [1.29, 1.82) is 5.26 Å². The van der Waals surface area contributed by atoms with Crippen LogP contribution in [0.15, 0.2) is 53.1 Å². The number of amides is 2. The summed E-state index contributed by atoms with van der Waals surface area (Å²) in [6, 6.07) is 13.1. The minimum absolute atomic E-state index is 0.00286. The van der Waals surface area contributed by atoms with Gasteiger partial charge in [0.2, 0.25) is 11.8 Å². The van der Waals surface area contributed by atoms with E-state index in [1.54, 1.807) is 37.3 Å². The SMILES string of the molecule is Cc1c(Cl)cccc1NC(=O)CSC1=C(C#N)C(c2ccc(F)cc2)CC(=O)N1. The fraction of sp³-hybridized carbons (Fsp3) is 0.190. The number of anilines is 1. The fourth-order valence-corrected chi connectivity index (χ4v) is 4.03. The van der Waals surface area contributed by atoms with Gasteiger partial charge in [0.05, 0.1) is 22.4 Å². The number of hydrogen-bond acceptors (Lipinski definition) is 4. The van der Waals surface area contributed by atoms with E-state index in [2.05, 4.69) is 16.7 Å². The van der Waals surface area contributed by atoms with Crippen molar-refractivity contribution < 1.29 is 14.0 Å². The van der Waals surface area contributed by atoms with E-state index in [0.717, 1.165) is 17.3 Å². The van der Waals surface area contributed by atoms with Crippen LogP contribution in [-0.2, 0) is 9.59 Å². The number of benzene rings is 2. The van der Waals surface area contributed by atoms with Gasteiger partial charge in [-0.05, 0) is 42.3 Å². The summed E-state index contributed by atoms with van der Waals surface area (Å²) in [5, 5.41) is 16.0. The molecule has 1 aliphatic heterocycles. The van der Waals surface area contributed by atoms with Gasteiger partial charge in [0.15, 0.2) is 0 Å². The first-order chi connectivity index (χ1) is 13.9. The number of carbonyl (C=O) groups is 2. The van der Waals surface area contributed by atoms with Gasteiger partial charge in [-0.15, -0.1) is 0 Å². The minimum atomic E-state index is -0.477. The van der Waals surface area contributed by atoms with E-state index in [-0.39, 0.29) is 29.8 Å². The van der Waals surface area contributed by atoms with E-state index in [9.17, 15) is 19.2 Å². The normalized spacial score (nSPS) is 16.2. The number of halogens is 2. The zero-order chi connectivity index (χ0) is 21.0. The number of hydrogen-bond donors (Lipinski definition) is 2. The van der Waals surface area contributed by atoms with Gasteiger partial charge >= 0.3 is 0 Å². The summed E-state index contributed by atoms with van der Waals surface area (Å²) >= 11 is 7.14. The highest BCUT2D eigenvalue weighted by Crippen LogP contribution is 2.36. The maximum Gasteiger partial charge on any atom is 0.234 e. The molecule has 0 saturated carbocycles. The Balaban J connectivity index is 1.76. The van der Waals surface area contributed by atoms with Crippen molar-refractivity contribution in [3.8, 4) is 6.07 Å². The van der Waals surface area contributed by atoms with Crippen LogP contribution in [0.5, 0.6) is 0 Å². The maximum atomic E-state index is 13.2. The molecule has 0 aliphatic carbocycles.